The maximum atomic E-state index is 13.0. The Bertz CT molecular complexity index is 1080. The van der Waals surface area contributed by atoms with Crippen molar-refractivity contribution in [3.05, 3.63) is 83.4 Å². The molecule has 8 heteroatoms. The van der Waals surface area contributed by atoms with Crippen LogP contribution in [0.2, 0.25) is 0 Å². The van der Waals surface area contributed by atoms with Gasteiger partial charge in [0.05, 0.1) is 27.4 Å². The summed E-state index contributed by atoms with van der Waals surface area (Å²) in [5, 5.41) is 5.79. The molecule has 3 rings (SSSR count). The van der Waals surface area contributed by atoms with Gasteiger partial charge in [0.1, 0.15) is 17.7 Å². The van der Waals surface area contributed by atoms with Gasteiger partial charge in [0.25, 0.3) is 11.8 Å². The zero-order chi connectivity index (χ0) is 25.4. The molecule has 3 aromatic carbocycles. The van der Waals surface area contributed by atoms with Crippen molar-refractivity contribution in [2.24, 2.45) is 0 Å². The molecule has 0 unspecified atom stereocenters. The van der Waals surface area contributed by atoms with E-state index in [4.69, 9.17) is 18.9 Å². The number of rotatable bonds is 10. The number of methoxy groups -OCH3 is 3. The molecule has 0 aliphatic heterocycles. The third-order valence-corrected chi connectivity index (χ3v) is 5.14. The van der Waals surface area contributed by atoms with Gasteiger partial charge in [0.2, 0.25) is 0 Å². The first-order valence-corrected chi connectivity index (χ1v) is 11.1. The molecular weight excluding hydrogens is 448 g/mol. The van der Waals surface area contributed by atoms with E-state index in [1.54, 1.807) is 88.1 Å². The number of carbonyl (C=O) groups excluding carboxylic acids is 2. The van der Waals surface area contributed by atoms with Crippen LogP contribution in [0.25, 0.3) is 0 Å². The Kier molecular flexibility index (Phi) is 8.56. The second-order valence-electron chi connectivity index (χ2n) is 7.91. The van der Waals surface area contributed by atoms with Crippen molar-refractivity contribution in [2.45, 2.75) is 26.1 Å². The van der Waals surface area contributed by atoms with Crippen molar-refractivity contribution in [3.8, 4) is 23.0 Å². The van der Waals surface area contributed by atoms with Crippen molar-refractivity contribution in [3.63, 3.8) is 0 Å². The summed E-state index contributed by atoms with van der Waals surface area (Å²) in [6.45, 7) is 3.81. The van der Waals surface area contributed by atoms with Crippen LogP contribution < -0.4 is 29.6 Å². The van der Waals surface area contributed by atoms with Gasteiger partial charge in [-0.1, -0.05) is 6.07 Å². The van der Waals surface area contributed by atoms with Crippen molar-refractivity contribution in [1.29, 1.82) is 0 Å². The Hall–Kier alpha value is -4.20. The molecule has 0 saturated heterocycles. The first-order valence-electron chi connectivity index (χ1n) is 11.1. The Morgan fingerprint density at radius 2 is 1.14 bits per heavy atom. The van der Waals surface area contributed by atoms with Gasteiger partial charge in [-0.15, -0.1) is 0 Å². The molecule has 0 fully saturated rings. The molecule has 0 aromatic heterocycles. The number of ether oxygens (including phenoxy) is 4. The Morgan fingerprint density at radius 1 is 0.657 bits per heavy atom. The van der Waals surface area contributed by atoms with Crippen LogP contribution in [0, 0.1) is 0 Å². The van der Waals surface area contributed by atoms with E-state index in [-0.39, 0.29) is 17.9 Å². The van der Waals surface area contributed by atoms with E-state index in [1.165, 1.54) is 0 Å². The van der Waals surface area contributed by atoms with E-state index >= 15 is 0 Å². The number of nitrogens with one attached hydrogen (secondary N) is 2. The Balaban J connectivity index is 1.92. The molecule has 0 saturated carbocycles. The molecular formula is C27H30N2O6. The molecule has 0 heterocycles. The van der Waals surface area contributed by atoms with Crippen molar-refractivity contribution in [2.75, 3.05) is 21.3 Å². The number of benzene rings is 3. The van der Waals surface area contributed by atoms with Crippen molar-refractivity contribution >= 4 is 11.8 Å². The molecule has 0 aliphatic rings. The highest BCUT2D eigenvalue weighted by Gasteiger charge is 2.21. The van der Waals surface area contributed by atoms with Gasteiger partial charge in [-0.05, 0) is 80.1 Å². The average molecular weight is 479 g/mol. The van der Waals surface area contributed by atoms with Gasteiger partial charge in [-0.3, -0.25) is 9.59 Å². The van der Waals surface area contributed by atoms with Crippen LogP contribution in [0.5, 0.6) is 23.0 Å². The molecule has 0 spiro atoms. The molecule has 0 atom stereocenters. The van der Waals surface area contributed by atoms with E-state index in [1.807, 2.05) is 13.8 Å². The van der Waals surface area contributed by atoms with E-state index in [9.17, 15) is 9.59 Å². The second-order valence-corrected chi connectivity index (χ2v) is 7.91. The van der Waals surface area contributed by atoms with Crippen LogP contribution in [0.1, 0.15) is 46.3 Å². The van der Waals surface area contributed by atoms with Crippen LogP contribution in [0.15, 0.2) is 66.7 Å². The van der Waals surface area contributed by atoms with Gasteiger partial charge in [0.15, 0.2) is 11.5 Å². The number of hydrogen-bond donors (Lipinski definition) is 2. The van der Waals surface area contributed by atoms with E-state index in [0.29, 0.717) is 39.7 Å². The smallest absolute Gasteiger partial charge is 0.253 e. The van der Waals surface area contributed by atoms with E-state index in [0.717, 1.165) is 0 Å². The van der Waals surface area contributed by atoms with Crippen molar-refractivity contribution < 1.29 is 28.5 Å². The molecule has 35 heavy (non-hydrogen) atoms. The quantitative estimate of drug-likeness (QED) is 0.421. The molecule has 2 N–H and O–H groups in total. The zero-order valence-corrected chi connectivity index (χ0v) is 20.5. The fourth-order valence-corrected chi connectivity index (χ4v) is 3.34. The van der Waals surface area contributed by atoms with Crippen LogP contribution in [0.4, 0.5) is 0 Å². The zero-order valence-electron chi connectivity index (χ0n) is 20.5. The Labute approximate surface area is 205 Å². The van der Waals surface area contributed by atoms with Crippen LogP contribution in [-0.4, -0.2) is 39.2 Å². The molecule has 8 nitrogen and oxygen atoms in total. The maximum absolute atomic E-state index is 13.0. The predicted octanol–water partition coefficient (Wildman–Crippen LogP) is 4.36. The van der Waals surface area contributed by atoms with Crippen LogP contribution in [0.3, 0.4) is 0 Å². The van der Waals surface area contributed by atoms with Gasteiger partial charge in [-0.2, -0.15) is 0 Å². The minimum Gasteiger partial charge on any atom is -0.497 e. The fraction of sp³-hybridized carbons (Fsp3) is 0.259. The molecule has 2 amide bonds. The summed E-state index contributed by atoms with van der Waals surface area (Å²) < 4.78 is 21.6. The molecule has 0 radical (unpaired) electrons. The number of hydrogen-bond acceptors (Lipinski definition) is 6. The molecule has 184 valence electrons. The first-order chi connectivity index (χ1) is 16.8. The summed E-state index contributed by atoms with van der Waals surface area (Å²) in [4.78, 5) is 26.1. The third-order valence-electron chi connectivity index (χ3n) is 5.14. The number of amides is 2. The van der Waals surface area contributed by atoms with Crippen LogP contribution >= 0.6 is 0 Å². The average Bonchev–Trinajstić information content (AvgIpc) is 2.87. The Morgan fingerprint density at radius 3 is 1.54 bits per heavy atom. The summed E-state index contributed by atoms with van der Waals surface area (Å²) in [6, 6.07) is 18.6. The van der Waals surface area contributed by atoms with E-state index in [2.05, 4.69) is 10.6 Å². The summed E-state index contributed by atoms with van der Waals surface area (Å²) in [5.41, 5.74) is 1.45. The number of carbonyl (C=O) groups is 2. The fourth-order valence-electron chi connectivity index (χ4n) is 3.34. The predicted molar refractivity (Wildman–Crippen MR) is 132 cm³/mol. The maximum Gasteiger partial charge on any atom is 0.253 e. The highest BCUT2D eigenvalue weighted by atomic mass is 16.5. The van der Waals surface area contributed by atoms with Gasteiger partial charge < -0.3 is 29.6 Å². The van der Waals surface area contributed by atoms with Crippen LogP contribution in [-0.2, 0) is 0 Å². The largest absolute Gasteiger partial charge is 0.497 e. The van der Waals surface area contributed by atoms with Gasteiger partial charge in [0, 0.05) is 11.1 Å². The second kappa shape index (κ2) is 11.8. The lowest BCUT2D eigenvalue weighted by atomic mass is 10.1. The topological polar surface area (TPSA) is 95.1 Å². The molecule has 0 aliphatic carbocycles. The lowest BCUT2D eigenvalue weighted by Crippen LogP contribution is -2.41. The first kappa shape index (κ1) is 25.4. The third kappa shape index (κ3) is 6.66. The van der Waals surface area contributed by atoms with Gasteiger partial charge >= 0.3 is 0 Å². The highest BCUT2D eigenvalue weighted by molar-refractivity contribution is 5.97. The lowest BCUT2D eigenvalue weighted by Gasteiger charge is -2.23. The molecule has 0 bridgehead atoms. The molecule has 3 aromatic rings. The monoisotopic (exact) mass is 478 g/mol. The summed E-state index contributed by atoms with van der Waals surface area (Å²) in [5.74, 6) is 1.59. The van der Waals surface area contributed by atoms with E-state index < -0.39 is 6.17 Å². The minimum atomic E-state index is -0.848. The lowest BCUT2D eigenvalue weighted by molar-refractivity contribution is 0.0883. The standard InChI is InChI=1S/C27H30N2O6/c1-17(2)35-24-16-20(10-15-23(24)34-5)25(28-26(30)18-6-11-21(32-3)12-7-18)29-27(31)19-8-13-22(33-4)14-9-19/h6-17,25H,1-5H3,(H,28,30)(H,29,31). The normalized spacial score (nSPS) is 10.6. The summed E-state index contributed by atoms with van der Waals surface area (Å²) in [6.07, 6.45) is -0.944. The van der Waals surface area contributed by atoms with Crippen molar-refractivity contribution in [1.82, 2.24) is 10.6 Å². The highest BCUT2D eigenvalue weighted by Crippen LogP contribution is 2.31. The van der Waals surface area contributed by atoms with Gasteiger partial charge in [-0.25, -0.2) is 0 Å². The summed E-state index contributed by atoms with van der Waals surface area (Å²) >= 11 is 0. The SMILES string of the molecule is COc1ccc(C(=O)NC(NC(=O)c2ccc(OC)cc2)c2ccc(OC)c(OC(C)C)c2)cc1. The minimum absolute atomic E-state index is 0.0969. The summed E-state index contributed by atoms with van der Waals surface area (Å²) in [7, 11) is 4.66.